The number of ether oxygens (including phenoxy) is 1. The minimum absolute atomic E-state index is 0.126. The molecule has 6 heteroatoms. The third-order valence-corrected chi connectivity index (χ3v) is 5.47. The summed E-state index contributed by atoms with van der Waals surface area (Å²) in [6.07, 6.45) is 1.03. The summed E-state index contributed by atoms with van der Waals surface area (Å²) in [7, 11) is 4.04. The van der Waals surface area contributed by atoms with E-state index in [0.29, 0.717) is 6.54 Å². The monoisotopic (exact) mass is 396 g/mol. The Bertz CT molecular complexity index is 849. The van der Waals surface area contributed by atoms with E-state index < -0.39 is 5.97 Å². The molecule has 3 rings (SSSR count). The first-order chi connectivity index (χ1) is 13.9. The first-order valence-corrected chi connectivity index (χ1v) is 10.0. The lowest BCUT2D eigenvalue weighted by molar-refractivity contribution is -0.945. The molecule has 2 aromatic carbocycles. The lowest BCUT2D eigenvalue weighted by Gasteiger charge is -2.33. The summed E-state index contributed by atoms with van der Waals surface area (Å²) in [5.41, 5.74) is 5.12. The topological polar surface area (TPSA) is 63.1 Å². The standard InChI is InChI=1S/C23H29N3O3/c1-17(27)29-16-23(28)24-14-22(19-8-10-21(11-9-19)25(2)3)26-13-12-18-6-4-5-7-20(18)15-26/h4-11,22H,12-16H2,1-3H3,(H,24,28)/p+1/t22-/m0/s1. The Morgan fingerprint density at radius 1 is 1.10 bits per heavy atom. The quantitative estimate of drug-likeness (QED) is 0.689. The number of rotatable bonds is 7. The van der Waals surface area contributed by atoms with Gasteiger partial charge in [-0.25, -0.2) is 0 Å². The Hall–Kier alpha value is -2.86. The van der Waals surface area contributed by atoms with Crippen LogP contribution in [0.15, 0.2) is 48.5 Å². The molecule has 0 radical (unpaired) electrons. The summed E-state index contributed by atoms with van der Waals surface area (Å²) in [4.78, 5) is 26.6. The van der Waals surface area contributed by atoms with Gasteiger partial charge < -0.3 is 19.9 Å². The van der Waals surface area contributed by atoms with Gasteiger partial charge in [0.25, 0.3) is 5.91 Å². The van der Waals surface area contributed by atoms with E-state index in [-0.39, 0.29) is 18.6 Å². The molecule has 1 aliphatic heterocycles. The molecule has 29 heavy (non-hydrogen) atoms. The second kappa shape index (κ2) is 9.56. The minimum Gasteiger partial charge on any atom is -0.456 e. The SMILES string of the molecule is CC(=O)OCC(=O)NC[C@@H](c1ccc(N(C)C)cc1)[NH+]1CCc2ccccc2C1. The smallest absolute Gasteiger partial charge is 0.303 e. The van der Waals surface area contributed by atoms with Crippen LogP contribution in [-0.4, -0.2) is 45.7 Å². The average molecular weight is 397 g/mol. The number of benzene rings is 2. The first-order valence-electron chi connectivity index (χ1n) is 10.0. The molecule has 154 valence electrons. The van der Waals surface area contributed by atoms with E-state index in [0.717, 1.165) is 25.2 Å². The van der Waals surface area contributed by atoms with Crippen molar-refractivity contribution in [2.75, 3.05) is 38.7 Å². The fourth-order valence-electron chi connectivity index (χ4n) is 3.84. The molecule has 6 nitrogen and oxygen atoms in total. The predicted octanol–water partition coefficient (Wildman–Crippen LogP) is 1.11. The fourth-order valence-corrected chi connectivity index (χ4v) is 3.84. The molecular weight excluding hydrogens is 366 g/mol. The van der Waals surface area contributed by atoms with Crippen LogP contribution in [0.4, 0.5) is 5.69 Å². The van der Waals surface area contributed by atoms with E-state index >= 15 is 0 Å². The van der Waals surface area contributed by atoms with E-state index in [1.54, 1.807) is 0 Å². The van der Waals surface area contributed by atoms with Crippen molar-refractivity contribution in [3.05, 3.63) is 65.2 Å². The van der Waals surface area contributed by atoms with Gasteiger partial charge in [-0.1, -0.05) is 36.4 Å². The molecule has 0 spiro atoms. The van der Waals surface area contributed by atoms with Crippen LogP contribution in [0.25, 0.3) is 0 Å². The number of hydrogen-bond donors (Lipinski definition) is 2. The Labute approximate surface area is 172 Å². The largest absolute Gasteiger partial charge is 0.456 e. The van der Waals surface area contributed by atoms with Gasteiger partial charge in [-0.3, -0.25) is 9.59 Å². The Kier molecular flexibility index (Phi) is 6.88. The molecule has 0 saturated carbocycles. The third-order valence-electron chi connectivity index (χ3n) is 5.47. The fraction of sp³-hybridized carbons (Fsp3) is 0.391. The van der Waals surface area contributed by atoms with Crippen LogP contribution in [0.5, 0.6) is 0 Å². The highest BCUT2D eigenvalue weighted by atomic mass is 16.5. The van der Waals surface area contributed by atoms with E-state index in [2.05, 4.69) is 58.7 Å². The molecule has 1 unspecified atom stereocenters. The predicted molar refractivity (Wildman–Crippen MR) is 113 cm³/mol. The number of nitrogens with one attached hydrogen (secondary N) is 2. The lowest BCUT2D eigenvalue weighted by Crippen LogP contribution is -3.12. The van der Waals surface area contributed by atoms with Crippen molar-refractivity contribution in [2.24, 2.45) is 0 Å². The number of fused-ring (bicyclic) bond motifs is 1. The Balaban J connectivity index is 1.76. The maximum Gasteiger partial charge on any atom is 0.303 e. The normalized spacial score (nSPS) is 16.4. The second-order valence-electron chi connectivity index (χ2n) is 7.73. The van der Waals surface area contributed by atoms with Crippen molar-refractivity contribution in [3.63, 3.8) is 0 Å². The number of amides is 1. The molecule has 2 atom stereocenters. The summed E-state index contributed by atoms with van der Waals surface area (Å²) in [5, 5.41) is 2.95. The van der Waals surface area contributed by atoms with Gasteiger partial charge >= 0.3 is 5.97 Å². The van der Waals surface area contributed by atoms with Gasteiger partial charge in [-0.05, 0) is 17.7 Å². The number of carbonyl (C=O) groups excluding carboxylic acids is 2. The zero-order chi connectivity index (χ0) is 20.8. The Morgan fingerprint density at radius 2 is 1.79 bits per heavy atom. The molecule has 1 amide bonds. The minimum atomic E-state index is -0.450. The van der Waals surface area contributed by atoms with Crippen LogP contribution in [0.1, 0.15) is 29.7 Å². The van der Waals surface area contributed by atoms with Crippen LogP contribution in [0.3, 0.4) is 0 Å². The molecule has 0 fully saturated rings. The maximum atomic E-state index is 12.1. The van der Waals surface area contributed by atoms with Gasteiger partial charge in [0, 0.05) is 44.3 Å². The summed E-state index contributed by atoms with van der Waals surface area (Å²) >= 11 is 0. The maximum absolute atomic E-state index is 12.1. The van der Waals surface area contributed by atoms with Crippen LogP contribution < -0.4 is 15.1 Å². The zero-order valence-electron chi connectivity index (χ0n) is 17.4. The van der Waals surface area contributed by atoms with E-state index in [1.165, 1.54) is 28.5 Å². The molecule has 0 bridgehead atoms. The van der Waals surface area contributed by atoms with Crippen molar-refractivity contribution in [2.45, 2.75) is 25.9 Å². The van der Waals surface area contributed by atoms with Crippen molar-refractivity contribution in [3.8, 4) is 0 Å². The van der Waals surface area contributed by atoms with Gasteiger partial charge in [-0.2, -0.15) is 0 Å². The third kappa shape index (κ3) is 5.57. The van der Waals surface area contributed by atoms with Crippen molar-refractivity contribution >= 4 is 17.6 Å². The number of hydrogen-bond acceptors (Lipinski definition) is 4. The zero-order valence-corrected chi connectivity index (χ0v) is 17.4. The molecule has 2 aromatic rings. The number of anilines is 1. The van der Waals surface area contributed by atoms with Crippen molar-refractivity contribution in [1.82, 2.24) is 5.32 Å². The van der Waals surface area contributed by atoms with Crippen LogP contribution in [-0.2, 0) is 27.3 Å². The first kappa shape index (κ1) is 20.9. The average Bonchev–Trinajstić information content (AvgIpc) is 2.72. The summed E-state index contributed by atoms with van der Waals surface area (Å²) in [6, 6.07) is 17.2. The molecule has 0 saturated heterocycles. The highest BCUT2D eigenvalue weighted by molar-refractivity contribution is 5.79. The molecule has 0 aliphatic carbocycles. The summed E-state index contributed by atoms with van der Waals surface area (Å²) < 4.78 is 4.81. The number of carbonyl (C=O) groups is 2. The highest BCUT2D eigenvalue weighted by Crippen LogP contribution is 2.18. The van der Waals surface area contributed by atoms with Gasteiger partial charge in [0.05, 0.1) is 13.1 Å². The Morgan fingerprint density at radius 3 is 2.45 bits per heavy atom. The van der Waals surface area contributed by atoms with Gasteiger partial charge in [-0.15, -0.1) is 0 Å². The lowest BCUT2D eigenvalue weighted by atomic mass is 9.96. The summed E-state index contributed by atoms with van der Waals surface area (Å²) in [5.74, 6) is -0.721. The van der Waals surface area contributed by atoms with E-state index in [1.807, 2.05) is 14.1 Å². The molecule has 1 aliphatic rings. The van der Waals surface area contributed by atoms with E-state index in [4.69, 9.17) is 4.74 Å². The van der Waals surface area contributed by atoms with Crippen molar-refractivity contribution in [1.29, 1.82) is 0 Å². The van der Waals surface area contributed by atoms with Crippen LogP contribution in [0.2, 0.25) is 0 Å². The summed E-state index contributed by atoms with van der Waals surface area (Å²) in [6.45, 7) is 3.50. The van der Waals surface area contributed by atoms with Crippen LogP contribution in [0, 0.1) is 0 Å². The van der Waals surface area contributed by atoms with Gasteiger partial charge in [0.1, 0.15) is 12.6 Å². The molecule has 1 heterocycles. The van der Waals surface area contributed by atoms with Gasteiger partial charge in [0.15, 0.2) is 6.61 Å². The second-order valence-corrected chi connectivity index (χ2v) is 7.73. The number of esters is 1. The molecule has 2 N–H and O–H groups in total. The number of quaternary nitrogens is 1. The molecular formula is C23H30N3O3+. The van der Waals surface area contributed by atoms with Crippen molar-refractivity contribution < 1.29 is 19.2 Å². The number of nitrogens with zero attached hydrogens (tertiary/aromatic N) is 1. The van der Waals surface area contributed by atoms with Crippen LogP contribution >= 0.6 is 0 Å². The van der Waals surface area contributed by atoms with Gasteiger partial charge in [0.2, 0.25) is 0 Å². The molecule has 0 aromatic heterocycles. The van der Waals surface area contributed by atoms with E-state index in [9.17, 15) is 9.59 Å². The highest BCUT2D eigenvalue weighted by Gasteiger charge is 2.29.